The molecule has 0 saturated carbocycles. The van der Waals surface area contributed by atoms with Crippen molar-refractivity contribution in [2.75, 3.05) is 7.11 Å². The number of nitro benzene ring substituents is 1. The quantitative estimate of drug-likeness (QED) is 0.0930. The monoisotopic (exact) mass is 640 g/mol. The SMILES string of the molecule is COc1cc(C)c(-c2nc3ccccc3c(=O)n2N=Cc2ccc(OCc3cccc([N+](=O)[O-])c3)c(Br)c2)cc1C(C)C. The van der Waals surface area contributed by atoms with Crippen LogP contribution < -0.4 is 15.0 Å². The molecule has 0 atom stereocenters. The second-order valence-electron chi connectivity index (χ2n) is 10.3. The number of non-ortho nitro benzene ring substituents is 1. The lowest BCUT2D eigenvalue weighted by atomic mass is 9.96. The fraction of sp³-hybridized carbons (Fsp3) is 0.182. The third-order valence-corrected chi connectivity index (χ3v) is 7.61. The second-order valence-corrected chi connectivity index (χ2v) is 11.1. The summed E-state index contributed by atoms with van der Waals surface area (Å²) in [4.78, 5) is 29.2. The van der Waals surface area contributed by atoms with E-state index in [0.29, 0.717) is 32.5 Å². The van der Waals surface area contributed by atoms with Crippen LogP contribution >= 0.6 is 15.9 Å². The lowest BCUT2D eigenvalue weighted by Gasteiger charge is -2.17. The maximum absolute atomic E-state index is 13.7. The molecule has 0 fully saturated rings. The van der Waals surface area contributed by atoms with E-state index in [9.17, 15) is 14.9 Å². The number of rotatable bonds is 9. The average molecular weight is 642 g/mol. The molecule has 5 aromatic rings. The van der Waals surface area contributed by atoms with Crippen LogP contribution in [0.1, 0.15) is 42.0 Å². The topological polar surface area (TPSA) is 109 Å². The van der Waals surface area contributed by atoms with Gasteiger partial charge in [0.2, 0.25) is 0 Å². The van der Waals surface area contributed by atoms with Crippen molar-refractivity contribution in [2.45, 2.75) is 33.3 Å². The first-order valence-electron chi connectivity index (χ1n) is 13.6. The van der Waals surface area contributed by atoms with Crippen LogP contribution in [0.2, 0.25) is 0 Å². The van der Waals surface area contributed by atoms with E-state index in [1.807, 2.05) is 43.3 Å². The number of halogens is 1. The van der Waals surface area contributed by atoms with Gasteiger partial charge in [0.1, 0.15) is 18.1 Å². The van der Waals surface area contributed by atoms with Gasteiger partial charge in [0, 0.05) is 17.7 Å². The average Bonchev–Trinajstić information content (AvgIpc) is 3.00. The van der Waals surface area contributed by atoms with Crippen molar-refractivity contribution in [3.63, 3.8) is 0 Å². The lowest BCUT2D eigenvalue weighted by molar-refractivity contribution is -0.384. The predicted molar refractivity (Wildman–Crippen MR) is 171 cm³/mol. The van der Waals surface area contributed by atoms with Gasteiger partial charge >= 0.3 is 0 Å². The molecule has 43 heavy (non-hydrogen) atoms. The molecule has 9 nitrogen and oxygen atoms in total. The maximum Gasteiger partial charge on any atom is 0.282 e. The lowest BCUT2D eigenvalue weighted by Crippen LogP contribution is -2.20. The first-order chi connectivity index (χ1) is 20.7. The minimum Gasteiger partial charge on any atom is -0.496 e. The molecule has 5 rings (SSSR count). The van der Waals surface area contributed by atoms with Crippen LogP contribution in [0, 0.1) is 17.0 Å². The number of aromatic nitrogens is 2. The van der Waals surface area contributed by atoms with Gasteiger partial charge in [-0.3, -0.25) is 14.9 Å². The first kappa shape index (κ1) is 29.7. The molecule has 1 heterocycles. The molecule has 0 saturated heterocycles. The van der Waals surface area contributed by atoms with E-state index < -0.39 is 4.92 Å². The Morgan fingerprint density at radius 2 is 1.84 bits per heavy atom. The van der Waals surface area contributed by atoms with E-state index in [-0.39, 0.29) is 23.8 Å². The van der Waals surface area contributed by atoms with Crippen molar-refractivity contribution in [2.24, 2.45) is 5.10 Å². The van der Waals surface area contributed by atoms with Gasteiger partial charge in [0.05, 0.1) is 33.6 Å². The summed E-state index contributed by atoms with van der Waals surface area (Å²) in [6, 6.07) is 22.9. The van der Waals surface area contributed by atoms with Gasteiger partial charge in [-0.2, -0.15) is 9.78 Å². The Hall–Kier alpha value is -4.83. The molecule has 4 aromatic carbocycles. The van der Waals surface area contributed by atoms with Crippen molar-refractivity contribution in [3.05, 3.63) is 126 Å². The van der Waals surface area contributed by atoms with Crippen LogP contribution in [-0.4, -0.2) is 27.9 Å². The summed E-state index contributed by atoms with van der Waals surface area (Å²) in [5.74, 6) is 1.96. The highest BCUT2D eigenvalue weighted by Crippen LogP contribution is 2.34. The largest absolute Gasteiger partial charge is 0.496 e. The van der Waals surface area contributed by atoms with Gasteiger partial charge < -0.3 is 9.47 Å². The van der Waals surface area contributed by atoms with Crippen LogP contribution in [0.5, 0.6) is 11.5 Å². The molecule has 10 heteroatoms. The molecule has 0 aliphatic carbocycles. The number of hydrogen-bond acceptors (Lipinski definition) is 7. The number of hydrogen-bond donors (Lipinski definition) is 0. The minimum atomic E-state index is -0.436. The molecule has 0 aliphatic heterocycles. The zero-order chi connectivity index (χ0) is 30.7. The van der Waals surface area contributed by atoms with E-state index in [1.54, 1.807) is 43.7 Å². The summed E-state index contributed by atoms with van der Waals surface area (Å²) >= 11 is 3.54. The van der Waals surface area contributed by atoms with Crippen molar-refractivity contribution < 1.29 is 14.4 Å². The number of aryl methyl sites for hydroxylation is 1. The molecule has 0 spiro atoms. The molecule has 0 bridgehead atoms. The van der Waals surface area contributed by atoms with Crippen molar-refractivity contribution in [3.8, 4) is 22.9 Å². The Morgan fingerprint density at radius 1 is 1.05 bits per heavy atom. The number of ether oxygens (including phenoxy) is 2. The van der Waals surface area contributed by atoms with E-state index in [0.717, 1.165) is 28.0 Å². The highest BCUT2D eigenvalue weighted by molar-refractivity contribution is 9.10. The van der Waals surface area contributed by atoms with Crippen LogP contribution in [0.15, 0.2) is 93.2 Å². The summed E-state index contributed by atoms with van der Waals surface area (Å²) in [6.07, 6.45) is 1.60. The first-order valence-corrected chi connectivity index (χ1v) is 14.4. The highest BCUT2D eigenvalue weighted by Gasteiger charge is 2.18. The Bertz CT molecular complexity index is 1930. The van der Waals surface area contributed by atoms with Gasteiger partial charge in [-0.05, 0) is 93.5 Å². The Labute approximate surface area is 256 Å². The second kappa shape index (κ2) is 12.6. The summed E-state index contributed by atoms with van der Waals surface area (Å²) in [5, 5.41) is 16.1. The molecular weight excluding hydrogens is 612 g/mol. The van der Waals surface area contributed by atoms with Crippen LogP contribution in [0.4, 0.5) is 5.69 Å². The maximum atomic E-state index is 13.7. The smallest absolute Gasteiger partial charge is 0.282 e. The number of nitrogens with zero attached hydrogens (tertiary/aromatic N) is 4. The van der Waals surface area contributed by atoms with Crippen LogP contribution in [0.3, 0.4) is 0 Å². The van der Waals surface area contributed by atoms with Crippen molar-refractivity contribution in [1.29, 1.82) is 0 Å². The van der Waals surface area contributed by atoms with E-state index in [4.69, 9.17) is 14.5 Å². The minimum absolute atomic E-state index is 0.00906. The van der Waals surface area contributed by atoms with Gasteiger partial charge in [0.15, 0.2) is 5.82 Å². The van der Waals surface area contributed by atoms with Crippen molar-refractivity contribution >= 4 is 38.7 Å². The van der Waals surface area contributed by atoms with Gasteiger partial charge in [0.25, 0.3) is 11.2 Å². The fourth-order valence-corrected chi connectivity index (χ4v) is 5.24. The number of methoxy groups -OCH3 is 1. The normalized spacial score (nSPS) is 11.4. The van der Waals surface area contributed by atoms with Gasteiger partial charge in [-0.15, -0.1) is 0 Å². The van der Waals surface area contributed by atoms with Gasteiger partial charge in [-0.25, -0.2) is 4.98 Å². The van der Waals surface area contributed by atoms with Crippen LogP contribution in [0.25, 0.3) is 22.3 Å². The van der Waals surface area contributed by atoms with E-state index >= 15 is 0 Å². The van der Waals surface area contributed by atoms with Crippen molar-refractivity contribution in [1.82, 2.24) is 9.66 Å². The zero-order valence-electron chi connectivity index (χ0n) is 24.1. The summed E-state index contributed by atoms with van der Waals surface area (Å²) in [5.41, 5.74) is 4.40. The molecule has 0 radical (unpaired) electrons. The fourth-order valence-electron chi connectivity index (χ4n) is 4.73. The number of nitro groups is 1. The molecule has 0 N–H and O–H groups in total. The van der Waals surface area contributed by atoms with Gasteiger partial charge in [-0.1, -0.05) is 38.1 Å². The summed E-state index contributed by atoms with van der Waals surface area (Å²) in [6.45, 7) is 6.30. The Morgan fingerprint density at radius 3 is 2.56 bits per heavy atom. The molecule has 0 amide bonds. The highest BCUT2D eigenvalue weighted by atomic mass is 79.9. The molecule has 0 aliphatic rings. The third-order valence-electron chi connectivity index (χ3n) is 6.99. The van der Waals surface area contributed by atoms with Crippen LogP contribution in [-0.2, 0) is 6.61 Å². The third kappa shape index (κ3) is 6.34. The number of para-hydroxylation sites is 1. The Balaban J connectivity index is 1.51. The Kier molecular flexibility index (Phi) is 8.68. The summed E-state index contributed by atoms with van der Waals surface area (Å²) in [7, 11) is 1.65. The molecular formula is C33H29BrN4O5. The predicted octanol–water partition coefficient (Wildman–Crippen LogP) is 7.64. The van der Waals surface area contributed by atoms with E-state index in [1.165, 1.54) is 16.8 Å². The summed E-state index contributed by atoms with van der Waals surface area (Å²) < 4.78 is 13.5. The number of fused-ring (bicyclic) bond motifs is 1. The van der Waals surface area contributed by atoms with E-state index in [2.05, 4.69) is 34.9 Å². The standard InChI is InChI=1S/C33H29BrN4O5/c1-20(2)26-17-27(21(3)14-31(26)42-4)32-36-29-11-6-5-10-25(29)33(39)37(32)35-18-22-12-13-30(28(34)16-22)43-19-23-8-7-9-24(15-23)38(40)41/h5-18,20H,19H2,1-4H3. The zero-order valence-corrected chi connectivity index (χ0v) is 25.7. The molecule has 218 valence electrons. The molecule has 1 aromatic heterocycles. The molecule has 0 unspecified atom stereocenters. The number of benzene rings is 4.